The Hall–Kier alpha value is -0.910. The number of hydrogen-bond donors (Lipinski definition) is 0. The molecule has 0 fully saturated rings. The molecule has 0 N–H and O–H groups in total. The monoisotopic (exact) mass is 497 g/mol. The van der Waals surface area contributed by atoms with Crippen molar-refractivity contribution in [3.8, 4) is 0 Å². The molecule has 34 heavy (non-hydrogen) atoms. The smallest absolute Gasteiger partial charge is 0.0988 e. The van der Waals surface area contributed by atoms with Crippen molar-refractivity contribution in [1.29, 1.82) is 0 Å². The van der Waals surface area contributed by atoms with Gasteiger partial charge in [-0.1, -0.05) is 114 Å². The van der Waals surface area contributed by atoms with E-state index >= 15 is 0 Å². The molecule has 0 atom stereocenters. The lowest BCUT2D eigenvalue weighted by atomic mass is 10.0. The van der Waals surface area contributed by atoms with Crippen LogP contribution >= 0.6 is 0 Å². The average molecular weight is 498 g/mol. The van der Waals surface area contributed by atoms with Gasteiger partial charge in [0.2, 0.25) is 0 Å². The molecule has 0 aromatic heterocycles. The van der Waals surface area contributed by atoms with Crippen molar-refractivity contribution in [1.82, 2.24) is 0 Å². The van der Waals surface area contributed by atoms with Crippen molar-refractivity contribution in [2.75, 3.05) is 26.2 Å². The molecule has 0 spiro atoms. The van der Waals surface area contributed by atoms with Gasteiger partial charge in [0.15, 0.2) is 0 Å². The summed E-state index contributed by atoms with van der Waals surface area (Å²) >= 11 is 0. The van der Waals surface area contributed by atoms with E-state index in [0.717, 1.165) is 0 Å². The predicted molar refractivity (Wildman–Crippen MR) is 147 cm³/mol. The quantitative estimate of drug-likeness (QED) is 0.104. The minimum absolute atomic E-state index is 0.423. The van der Waals surface area contributed by atoms with Crippen LogP contribution in [-0.2, 0) is 15.9 Å². The first kappa shape index (κ1) is 33.1. The lowest BCUT2D eigenvalue weighted by Gasteiger charge is -2.35. The Morgan fingerprint density at radius 1 is 0.618 bits per heavy atom. The number of benzene rings is 1. The summed E-state index contributed by atoms with van der Waals surface area (Å²) in [5.41, 5.74) is 0.530. The molecule has 4 nitrogen and oxygen atoms in total. The lowest BCUT2D eigenvalue weighted by molar-refractivity contribution is -0.923. The summed E-state index contributed by atoms with van der Waals surface area (Å²) in [6, 6.07) is 8.37. The van der Waals surface area contributed by atoms with Crippen LogP contribution in [0.25, 0.3) is 0 Å². The van der Waals surface area contributed by atoms with E-state index in [2.05, 4.69) is 27.7 Å². The van der Waals surface area contributed by atoms with Crippen LogP contribution in [0.1, 0.15) is 123 Å². The van der Waals surface area contributed by atoms with Gasteiger partial charge in [-0.2, -0.15) is 0 Å². The van der Waals surface area contributed by atoms with Crippen LogP contribution in [0, 0.1) is 0 Å². The van der Waals surface area contributed by atoms with Crippen molar-refractivity contribution >= 4 is 10.1 Å². The van der Waals surface area contributed by atoms with Crippen LogP contribution < -0.4 is 0 Å². The molecule has 0 saturated carbocycles. The van der Waals surface area contributed by atoms with Gasteiger partial charge in [0.05, 0.1) is 42.1 Å². The van der Waals surface area contributed by atoms with Gasteiger partial charge in [0.25, 0.3) is 0 Å². The summed E-state index contributed by atoms with van der Waals surface area (Å²) < 4.78 is 32.1. The van der Waals surface area contributed by atoms with Crippen molar-refractivity contribution in [3.63, 3.8) is 0 Å². The van der Waals surface area contributed by atoms with E-state index in [1.807, 2.05) is 0 Å². The highest BCUT2D eigenvalue weighted by Crippen LogP contribution is 2.14. The highest BCUT2D eigenvalue weighted by Gasteiger charge is 2.19. The third kappa shape index (κ3) is 19.4. The first-order chi connectivity index (χ1) is 16.3. The van der Waals surface area contributed by atoms with Crippen LogP contribution in [0.15, 0.2) is 30.3 Å². The van der Waals surface area contributed by atoms with Gasteiger partial charge in [-0.3, -0.25) is 0 Å². The average Bonchev–Trinajstić information content (AvgIpc) is 2.82. The zero-order valence-electron chi connectivity index (χ0n) is 22.9. The number of unbranched alkanes of at least 4 members (excludes halogenated alkanes) is 13. The van der Waals surface area contributed by atoms with E-state index in [1.54, 1.807) is 30.3 Å². The van der Waals surface area contributed by atoms with E-state index in [4.69, 9.17) is 0 Å². The van der Waals surface area contributed by atoms with Gasteiger partial charge in [0.1, 0.15) is 0 Å². The van der Waals surface area contributed by atoms with Crippen molar-refractivity contribution in [3.05, 3.63) is 35.9 Å². The number of hydrogen-bond acceptors (Lipinski definition) is 3. The highest BCUT2D eigenvalue weighted by molar-refractivity contribution is 7.84. The molecular weight excluding hydrogens is 442 g/mol. The second-order valence-electron chi connectivity index (χ2n) is 9.80. The summed E-state index contributed by atoms with van der Waals surface area (Å²) in [6.07, 6.45) is 20.5. The lowest BCUT2D eigenvalue weighted by Crippen LogP contribution is -2.48. The van der Waals surface area contributed by atoms with E-state index in [9.17, 15) is 13.0 Å². The molecule has 1 aromatic carbocycles. The summed E-state index contributed by atoms with van der Waals surface area (Å²) in [5.74, 6) is -0.423. The maximum atomic E-state index is 10.2. The molecule has 0 aliphatic heterocycles. The largest absolute Gasteiger partial charge is 0.748 e. The van der Waals surface area contributed by atoms with Gasteiger partial charge in [-0.05, 0) is 39.2 Å². The topological polar surface area (TPSA) is 57.2 Å². The SMILES string of the molecule is CCCCCCCCCCCCCCCC[N+](CC)(CC)CC.O=S(=O)([O-])Cc1ccccc1. The van der Waals surface area contributed by atoms with Crippen LogP contribution in [0.5, 0.6) is 0 Å². The molecule has 5 heteroatoms. The standard InChI is InChI=1S/C22H48N.C7H8O3S/c1-5-9-10-11-12-13-14-15-16-17-18-19-20-21-22-23(6-2,7-3)8-4;8-11(9,10)6-7-4-2-1-3-5-7/h5-22H2,1-4H3;1-5H,6H2,(H,8,9,10)/q+1;/p-1. The Morgan fingerprint density at radius 2 is 1.00 bits per heavy atom. The molecule has 1 aromatic rings. The Bertz CT molecular complexity index is 649. The first-order valence-corrected chi connectivity index (χ1v) is 15.7. The van der Waals surface area contributed by atoms with Crippen LogP contribution in [0.3, 0.4) is 0 Å². The summed E-state index contributed by atoms with van der Waals surface area (Å²) in [7, 11) is -4.13. The second-order valence-corrected chi connectivity index (χ2v) is 11.2. The van der Waals surface area contributed by atoms with Crippen molar-refractivity contribution < 1.29 is 17.5 Å². The third-order valence-corrected chi connectivity index (χ3v) is 7.87. The summed E-state index contributed by atoms with van der Waals surface area (Å²) in [6.45, 7) is 14.7. The van der Waals surface area contributed by atoms with Crippen molar-refractivity contribution in [2.24, 2.45) is 0 Å². The maximum Gasteiger partial charge on any atom is 0.0988 e. The molecule has 0 aliphatic rings. The minimum atomic E-state index is -4.13. The van der Waals surface area contributed by atoms with Crippen LogP contribution in [0.4, 0.5) is 0 Å². The summed E-state index contributed by atoms with van der Waals surface area (Å²) in [5, 5.41) is 0. The molecular formula is C29H55NO3S. The Balaban J connectivity index is 0.000000818. The first-order valence-electron chi connectivity index (χ1n) is 14.1. The summed E-state index contributed by atoms with van der Waals surface area (Å²) in [4.78, 5) is 0. The van der Waals surface area contributed by atoms with E-state index in [-0.39, 0.29) is 0 Å². The predicted octanol–water partition coefficient (Wildman–Crippen LogP) is 8.08. The molecule has 0 radical (unpaired) electrons. The molecule has 0 unspecified atom stereocenters. The third-order valence-electron chi connectivity index (χ3n) is 7.18. The van der Waals surface area contributed by atoms with E-state index in [1.165, 1.54) is 121 Å². The Labute approximate surface area is 212 Å². The van der Waals surface area contributed by atoms with Gasteiger partial charge >= 0.3 is 0 Å². The van der Waals surface area contributed by atoms with E-state index in [0.29, 0.717) is 5.56 Å². The zero-order valence-corrected chi connectivity index (χ0v) is 23.7. The molecule has 0 amide bonds. The number of quaternary nitrogens is 1. The fourth-order valence-electron chi connectivity index (χ4n) is 4.57. The molecule has 200 valence electrons. The number of nitrogens with zero attached hydrogens (tertiary/aromatic N) is 1. The van der Waals surface area contributed by atoms with Crippen molar-refractivity contribution in [2.45, 2.75) is 123 Å². The second kappa shape index (κ2) is 21.4. The molecule has 1 rings (SSSR count). The fourth-order valence-corrected chi connectivity index (χ4v) is 5.17. The van der Waals surface area contributed by atoms with Gasteiger partial charge in [-0.25, -0.2) is 8.42 Å². The minimum Gasteiger partial charge on any atom is -0.748 e. The van der Waals surface area contributed by atoms with E-state index < -0.39 is 15.9 Å². The normalized spacial score (nSPS) is 11.8. The van der Waals surface area contributed by atoms with Gasteiger partial charge < -0.3 is 9.04 Å². The fraction of sp³-hybridized carbons (Fsp3) is 0.793. The van der Waals surface area contributed by atoms with Gasteiger partial charge in [-0.15, -0.1) is 0 Å². The van der Waals surface area contributed by atoms with Crippen LogP contribution in [0.2, 0.25) is 0 Å². The molecule has 0 saturated heterocycles. The highest BCUT2D eigenvalue weighted by atomic mass is 32.2. The Kier molecular flexibility index (Phi) is 20.8. The molecule has 0 bridgehead atoms. The molecule has 0 aliphatic carbocycles. The van der Waals surface area contributed by atoms with Gasteiger partial charge in [0, 0.05) is 0 Å². The molecule has 0 heterocycles. The van der Waals surface area contributed by atoms with Crippen LogP contribution in [-0.4, -0.2) is 43.6 Å². The maximum absolute atomic E-state index is 10.2. The number of rotatable bonds is 20. The Morgan fingerprint density at radius 3 is 1.35 bits per heavy atom. The zero-order chi connectivity index (χ0) is 25.5.